The van der Waals surface area contributed by atoms with Crippen LogP contribution in [-0.2, 0) is 0 Å². The number of nitrogens with zero attached hydrogens (tertiary/aromatic N) is 5. The average Bonchev–Trinajstić information content (AvgIpc) is 3.59. The summed E-state index contributed by atoms with van der Waals surface area (Å²) in [5.41, 5.74) is 12.1. The fourth-order valence-corrected chi connectivity index (χ4v) is 6.70. The molecule has 5 aromatic rings. The van der Waals surface area contributed by atoms with Crippen LogP contribution in [0.5, 0.6) is 0 Å². The second kappa shape index (κ2) is 13.2. The molecule has 1 saturated heterocycles. The summed E-state index contributed by atoms with van der Waals surface area (Å²) < 4.78 is 13.9. The molecular formula is C35H32Cl2FN9. The predicted molar refractivity (Wildman–Crippen MR) is 186 cm³/mol. The van der Waals surface area contributed by atoms with Gasteiger partial charge in [0.15, 0.2) is 0 Å². The minimum atomic E-state index is -0.531. The quantitative estimate of drug-likeness (QED) is 0.133. The number of piperidine rings is 1. The van der Waals surface area contributed by atoms with Crippen molar-refractivity contribution in [1.29, 1.82) is 5.26 Å². The van der Waals surface area contributed by atoms with Crippen LogP contribution in [-0.4, -0.2) is 45.6 Å². The summed E-state index contributed by atoms with van der Waals surface area (Å²) in [5.74, 6) is -0.531. The second-order valence-electron chi connectivity index (χ2n) is 11.7. The van der Waals surface area contributed by atoms with Crippen LogP contribution in [0.15, 0.2) is 85.0 Å². The number of pyridine rings is 2. The first-order valence-electron chi connectivity index (χ1n) is 15.5. The number of hydrogen-bond acceptors (Lipinski definition) is 9. The molecule has 0 aliphatic carbocycles. The Bertz CT molecular complexity index is 2040. The van der Waals surface area contributed by atoms with E-state index in [1.54, 1.807) is 12.3 Å². The number of fused-ring (bicyclic) bond motifs is 2. The van der Waals surface area contributed by atoms with E-state index in [9.17, 15) is 9.65 Å². The van der Waals surface area contributed by atoms with Crippen LogP contribution < -0.4 is 21.6 Å². The number of likely N-dealkylation sites (tertiary alicyclic amines) is 1. The number of benzene rings is 3. The standard InChI is InChI=1S/C35H32Cl2FN9/c1-2-46-12-9-26(10-13-46)47-20-32(44-45-47)34(22-6-5-21-4-3-11-40-31(21)14-22)43-25-15-27-33(42-24-7-8-30(38)28(36)16-24)23(18-39)19-41-35(27)29(37)17-25/h3-8,11,14-17,19-20,26,34,43-45H,2,9-10,12-13H2,1H3,(H,41,42)/t34-/m0/s1. The van der Waals surface area contributed by atoms with Gasteiger partial charge in [-0.3, -0.25) is 15.0 Å². The summed E-state index contributed by atoms with van der Waals surface area (Å²) in [5, 5.41) is 21.1. The average molecular weight is 669 g/mol. The molecule has 3 aromatic carbocycles. The first-order valence-corrected chi connectivity index (χ1v) is 16.3. The number of nitriles is 1. The summed E-state index contributed by atoms with van der Waals surface area (Å²) in [7, 11) is 0. The summed E-state index contributed by atoms with van der Waals surface area (Å²) in [6.07, 6.45) is 7.52. The zero-order valence-corrected chi connectivity index (χ0v) is 27.1. The van der Waals surface area contributed by atoms with Gasteiger partial charge >= 0.3 is 0 Å². The van der Waals surface area contributed by atoms with Gasteiger partial charge in [0.1, 0.15) is 11.9 Å². The molecule has 2 aliphatic rings. The Labute approximate surface area is 281 Å². The van der Waals surface area contributed by atoms with Crippen LogP contribution in [0.2, 0.25) is 10.0 Å². The summed E-state index contributed by atoms with van der Waals surface area (Å²) in [6, 6.07) is 20.5. The second-order valence-corrected chi connectivity index (χ2v) is 12.5. The van der Waals surface area contributed by atoms with Gasteiger partial charge in [-0.1, -0.05) is 48.3 Å². The normalized spacial score (nSPS) is 16.1. The van der Waals surface area contributed by atoms with Crippen molar-refractivity contribution in [3.63, 3.8) is 0 Å². The van der Waals surface area contributed by atoms with E-state index in [1.807, 2.05) is 24.3 Å². The Kier molecular flexibility index (Phi) is 8.71. The highest BCUT2D eigenvalue weighted by Crippen LogP contribution is 2.38. The van der Waals surface area contributed by atoms with Gasteiger partial charge in [-0.25, -0.2) is 4.39 Å². The van der Waals surface area contributed by atoms with Crippen molar-refractivity contribution in [2.75, 3.05) is 30.3 Å². The zero-order valence-electron chi connectivity index (χ0n) is 25.6. The number of hydrogen-bond donors (Lipinski definition) is 4. The summed E-state index contributed by atoms with van der Waals surface area (Å²) in [4.78, 5) is 11.6. The lowest BCUT2D eigenvalue weighted by atomic mass is 10.0. The van der Waals surface area contributed by atoms with Gasteiger partial charge in [-0.05, 0) is 67.4 Å². The van der Waals surface area contributed by atoms with E-state index in [1.165, 1.54) is 18.3 Å². The molecule has 47 heavy (non-hydrogen) atoms. The topological polar surface area (TPSA) is 104 Å². The first kappa shape index (κ1) is 31.0. The number of hydrazine groups is 2. The molecule has 4 heterocycles. The molecule has 0 bridgehead atoms. The highest BCUT2D eigenvalue weighted by atomic mass is 35.5. The molecule has 238 valence electrons. The Hall–Kier alpha value is -4.66. The molecular weight excluding hydrogens is 636 g/mol. The van der Waals surface area contributed by atoms with Gasteiger partial charge < -0.3 is 21.0 Å². The van der Waals surface area contributed by atoms with Crippen molar-refractivity contribution in [1.82, 2.24) is 30.8 Å². The lowest BCUT2D eigenvalue weighted by Crippen LogP contribution is -2.48. The van der Waals surface area contributed by atoms with Crippen molar-refractivity contribution in [3.8, 4) is 6.07 Å². The minimum Gasteiger partial charge on any atom is -0.373 e. The van der Waals surface area contributed by atoms with Gasteiger partial charge in [-0.2, -0.15) is 5.26 Å². The fraction of sp³-hybridized carbons (Fsp3) is 0.229. The summed E-state index contributed by atoms with van der Waals surface area (Å²) >= 11 is 12.9. The highest BCUT2D eigenvalue weighted by molar-refractivity contribution is 6.36. The van der Waals surface area contributed by atoms with Crippen LogP contribution in [0.4, 0.5) is 21.5 Å². The Morgan fingerprint density at radius 3 is 2.66 bits per heavy atom. The monoisotopic (exact) mass is 667 g/mol. The third-order valence-corrected chi connectivity index (χ3v) is 9.40. The maximum Gasteiger partial charge on any atom is 0.141 e. The maximum absolute atomic E-state index is 13.9. The smallest absolute Gasteiger partial charge is 0.141 e. The van der Waals surface area contributed by atoms with Gasteiger partial charge in [0.05, 0.1) is 44.1 Å². The molecule has 4 N–H and O–H groups in total. The number of anilines is 3. The largest absolute Gasteiger partial charge is 0.373 e. The van der Waals surface area contributed by atoms with Crippen molar-refractivity contribution in [2.24, 2.45) is 0 Å². The Morgan fingerprint density at radius 1 is 1.04 bits per heavy atom. The SMILES string of the molecule is CCN1CCC(N2C=C([C@@H](Nc3cc(Cl)c4ncc(C#N)c(Nc5ccc(F)c(Cl)c5)c4c3)c3ccc4cccnc4c3)NN2)CC1. The van der Waals surface area contributed by atoms with Crippen LogP contribution in [0.25, 0.3) is 21.8 Å². The van der Waals surface area contributed by atoms with E-state index < -0.39 is 5.82 Å². The number of aromatic nitrogens is 2. The molecule has 7 rings (SSSR count). The van der Waals surface area contributed by atoms with Gasteiger partial charge in [0.2, 0.25) is 0 Å². The van der Waals surface area contributed by atoms with Crippen molar-refractivity contribution < 1.29 is 4.39 Å². The minimum absolute atomic E-state index is 0.0316. The Morgan fingerprint density at radius 2 is 1.87 bits per heavy atom. The van der Waals surface area contributed by atoms with Gasteiger partial charge in [0, 0.05) is 59.9 Å². The van der Waals surface area contributed by atoms with Gasteiger partial charge in [-0.15, -0.1) is 5.53 Å². The molecule has 9 nitrogen and oxygen atoms in total. The van der Waals surface area contributed by atoms with E-state index >= 15 is 0 Å². The van der Waals surface area contributed by atoms with E-state index in [2.05, 4.69) is 78.9 Å². The molecule has 0 radical (unpaired) electrons. The molecule has 1 atom stereocenters. The molecule has 2 aliphatic heterocycles. The van der Waals surface area contributed by atoms with Crippen LogP contribution in [0.1, 0.15) is 36.9 Å². The van der Waals surface area contributed by atoms with Gasteiger partial charge in [0.25, 0.3) is 0 Å². The lowest BCUT2D eigenvalue weighted by Gasteiger charge is -2.35. The highest BCUT2D eigenvalue weighted by Gasteiger charge is 2.29. The lowest BCUT2D eigenvalue weighted by molar-refractivity contribution is 0.112. The first-order chi connectivity index (χ1) is 22.9. The Balaban J connectivity index is 1.28. The molecule has 0 spiro atoms. The fourth-order valence-electron chi connectivity index (χ4n) is 6.25. The van der Waals surface area contributed by atoms with Crippen molar-refractivity contribution in [3.05, 3.63) is 112 Å². The van der Waals surface area contributed by atoms with E-state index in [0.717, 1.165) is 54.6 Å². The maximum atomic E-state index is 13.9. The zero-order chi connectivity index (χ0) is 32.5. The molecule has 0 unspecified atom stereocenters. The van der Waals surface area contributed by atoms with Crippen LogP contribution >= 0.6 is 23.2 Å². The third kappa shape index (κ3) is 6.35. The van der Waals surface area contributed by atoms with E-state index in [4.69, 9.17) is 23.2 Å². The van der Waals surface area contributed by atoms with E-state index in [0.29, 0.717) is 44.6 Å². The number of halogens is 3. The van der Waals surface area contributed by atoms with Crippen molar-refractivity contribution in [2.45, 2.75) is 31.8 Å². The predicted octanol–water partition coefficient (Wildman–Crippen LogP) is 7.65. The molecule has 0 saturated carbocycles. The third-order valence-electron chi connectivity index (χ3n) is 8.82. The molecule has 12 heteroatoms. The number of nitrogens with one attached hydrogen (secondary N) is 4. The van der Waals surface area contributed by atoms with Crippen LogP contribution in [0, 0.1) is 17.1 Å². The van der Waals surface area contributed by atoms with Crippen LogP contribution in [0.3, 0.4) is 0 Å². The number of rotatable bonds is 8. The molecule has 2 aromatic heterocycles. The van der Waals surface area contributed by atoms with E-state index in [-0.39, 0.29) is 11.1 Å². The van der Waals surface area contributed by atoms with Crippen molar-refractivity contribution >= 4 is 62.1 Å². The molecule has 1 fully saturated rings. The molecule has 0 amide bonds. The summed E-state index contributed by atoms with van der Waals surface area (Å²) in [6.45, 7) is 5.40.